The fourth-order valence-corrected chi connectivity index (χ4v) is 6.52. The van der Waals surface area contributed by atoms with Crippen molar-refractivity contribution in [2.75, 3.05) is 18.6 Å². The molecule has 0 bridgehead atoms. The number of anilines is 1. The molecular formula is C25H25N2OS2+. The number of methoxy groups -OCH3 is 1. The maximum atomic E-state index is 5.68. The van der Waals surface area contributed by atoms with Gasteiger partial charge in [0, 0.05) is 29.0 Å². The Kier molecular flexibility index (Phi) is 4.95. The Morgan fingerprint density at radius 1 is 1.10 bits per heavy atom. The summed E-state index contributed by atoms with van der Waals surface area (Å²) >= 11 is 3.63. The van der Waals surface area contributed by atoms with Gasteiger partial charge in [-0.25, -0.2) is 0 Å². The number of nitrogens with zero attached hydrogens (tertiary/aromatic N) is 2. The Bertz CT molecular complexity index is 1310. The van der Waals surface area contributed by atoms with Gasteiger partial charge in [-0.2, -0.15) is 4.57 Å². The number of hydrogen-bond acceptors (Lipinski definition) is 4. The minimum absolute atomic E-state index is 0.934. The van der Waals surface area contributed by atoms with Gasteiger partial charge in [0.25, 0.3) is 0 Å². The highest BCUT2D eigenvalue weighted by Gasteiger charge is 2.29. The number of fused-ring (bicyclic) bond motifs is 4. The Balaban J connectivity index is 1.69. The normalized spacial score (nSPS) is 14.8. The lowest BCUT2D eigenvalue weighted by molar-refractivity contribution is -0.667. The average molecular weight is 434 g/mol. The number of pyridine rings is 1. The van der Waals surface area contributed by atoms with Crippen LogP contribution in [-0.4, -0.2) is 13.7 Å². The summed E-state index contributed by atoms with van der Waals surface area (Å²) < 4.78 is 9.30. The third kappa shape index (κ3) is 2.99. The van der Waals surface area contributed by atoms with Crippen molar-refractivity contribution in [1.29, 1.82) is 0 Å². The maximum absolute atomic E-state index is 5.68. The van der Waals surface area contributed by atoms with Gasteiger partial charge in [0.15, 0.2) is 6.20 Å². The van der Waals surface area contributed by atoms with Crippen molar-refractivity contribution >= 4 is 55.9 Å². The molecule has 0 amide bonds. The van der Waals surface area contributed by atoms with E-state index in [4.69, 9.17) is 4.74 Å². The molecule has 2 aromatic carbocycles. The summed E-state index contributed by atoms with van der Waals surface area (Å²) in [4.78, 5) is 3.72. The Morgan fingerprint density at radius 3 is 2.73 bits per heavy atom. The van der Waals surface area contributed by atoms with Gasteiger partial charge in [-0.05, 0) is 56.0 Å². The van der Waals surface area contributed by atoms with E-state index in [-0.39, 0.29) is 0 Å². The van der Waals surface area contributed by atoms with Crippen LogP contribution in [0.25, 0.3) is 27.1 Å². The zero-order valence-electron chi connectivity index (χ0n) is 17.7. The van der Waals surface area contributed by atoms with Gasteiger partial charge in [0.2, 0.25) is 5.52 Å². The molecule has 4 aromatic rings. The quantitative estimate of drug-likeness (QED) is 0.337. The molecule has 2 aromatic heterocycles. The van der Waals surface area contributed by atoms with Crippen LogP contribution >= 0.6 is 23.1 Å². The first-order valence-corrected chi connectivity index (χ1v) is 12.0. The zero-order chi connectivity index (χ0) is 20.8. The molecule has 1 aliphatic rings. The Morgan fingerprint density at radius 2 is 1.97 bits per heavy atom. The molecule has 30 heavy (non-hydrogen) atoms. The number of thiophene rings is 1. The van der Waals surface area contributed by atoms with Crippen LogP contribution in [-0.2, 0) is 6.54 Å². The first kappa shape index (κ1) is 19.5. The van der Waals surface area contributed by atoms with Crippen LogP contribution in [0.1, 0.15) is 25.0 Å². The molecule has 5 heteroatoms. The molecule has 3 nitrogen and oxygen atoms in total. The summed E-state index contributed by atoms with van der Waals surface area (Å²) in [5, 5.41) is 5.93. The smallest absolute Gasteiger partial charge is 0.213 e. The van der Waals surface area contributed by atoms with E-state index in [1.807, 2.05) is 11.8 Å². The highest BCUT2D eigenvalue weighted by atomic mass is 32.2. The Hall–Kier alpha value is -2.50. The molecule has 0 saturated carbocycles. The van der Waals surface area contributed by atoms with Gasteiger partial charge in [-0.15, -0.1) is 11.3 Å². The molecule has 0 unspecified atom stereocenters. The predicted octanol–water partition coefficient (Wildman–Crippen LogP) is 6.61. The molecule has 1 aliphatic heterocycles. The van der Waals surface area contributed by atoms with E-state index in [1.165, 1.54) is 47.7 Å². The highest BCUT2D eigenvalue weighted by Crippen LogP contribution is 2.53. The number of aryl methyl sites for hydroxylation is 2. The van der Waals surface area contributed by atoms with Crippen molar-refractivity contribution in [2.45, 2.75) is 32.2 Å². The van der Waals surface area contributed by atoms with Crippen LogP contribution in [0.3, 0.4) is 0 Å². The summed E-state index contributed by atoms with van der Waals surface area (Å²) in [5.41, 5.74) is 5.15. The van der Waals surface area contributed by atoms with Gasteiger partial charge in [-0.3, -0.25) is 0 Å². The molecular weight excluding hydrogens is 408 g/mol. The summed E-state index contributed by atoms with van der Waals surface area (Å²) in [6.07, 6.45) is 4.55. The van der Waals surface area contributed by atoms with Crippen LogP contribution in [0.15, 0.2) is 57.9 Å². The topological polar surface area (TPSA) is 16.4 Å². The molecule has 0 N–H and O–H groups in total. The van der Waals surface area contributed by atoms with E-state index in [2.05, 4.69) is 84.3 Å². The average Bonchev–Trinajstić information content (AvgIpc) is 3.37. The monoisotopic (exact) mass is 433 g/mol. The molecule has 152 valence electrons. The van der Waals surface area contributed by atoms with Gasteiger partial charge >= 0.3 is 0 Å². The van der Waals surface area contributed by atoms with Crippen molar-refractivity contribution in [3.05, 3.63) is 64.1 Å². The number of rotatable bonds is 4. The van der Waals surface area contributed by atoms with Gasteiger partial charge in [0.1, 0.15) is 12.3 Å². The van der Waals surface area contributed by atoms with Crippen LogP contribution in [0, 0.1) is 6.92 Å². The fraction of sp³-hybridized carbons (Fsp3) is 0.240. The lowest BCUT2D eigenvalue weighted by atomic mass is 10.1. The van der Waals surface area contributed by atoms with Gasteiger partial charge < -0.3 is 9.64 Å². The SMILES string of the molecule is CCN1C(=Cc2cc[n+](CC)c3ccc(C)cc23)Sc2cc(OC)c3ccsc3c21. The second-order valence-electron chi connectivity index (χ2n) is 7.50. The van der Waals surface area contributed by atoms with Crippen LogP contribution in [0.5, 0.6) is 5.75 Å². The zero-order valence-corrected chi connectivity index (χ0v) is 19.4. The first-order chi connectivity index (χ1) is 14.6. The lowest BCUT2D eigenvalue weighted by Gasteiger charge is -2.19. The van der Waals surface area contributed by atoms with Crippen molar-refractivity contribution in [3.8, 4) is 5.75 Å². The van der Waals surface area contributed by atoms with Crippen molar-refractivity contribution in [3.63, 3.8) is 0 Å². The van der Waals surface area contributed by atoms with E-state index in [9.17, 15) is 0 Å². The van der Waals surface area contributed by atoms with Crippen LogP contribution in [0.4, 0.5) is 5.69 Å². The van der Waals surface area contributed by atoms with Gasteiger partial charge in [0.05, 0.1) is 27.9 Å². The van der Waals surface area contributed by atoms with E-state index in [1.54, 1.807) is 18.4 Å². The second-order valence-corrected chi connectivity index (χ2v) is 9.47. The second kappa shape index (κ2) is 7.64. The molecule has 0 fully saturated rings. The molecule has 0 spiro atoms. The third-order valence-corrected chi connectivity index (χ3v) is 7.75. The van der Waals surface area contributed by atoms with Crippen molar-refractivity contribution < 1.29 is 9.30 Å². The Labute approximate surface area is 185 Å². The summed E-state index contributed by atoms with van der Waals surface area (Å²) in [6, 6.07) is 13.3. The predicted molar refractivity (Wildman–Crippen MR) is 130 cm³/mol. The molecule has 5 rings (SSSR count). The summed E-state index contributed by atoms with van der Waals surface area (Å²) in [7, 11) is 1.76. The van der Waals surface area contributed by atoms with Crippen LogP contribution < -0.4 is 14.2 Å². The summed E-state index contributed by atoms with van der Waals surface area (Å²) in [5.74, 6) is 0.958. The molecule has 0 saturated heterocycles. The molecule has 3 heterocycles. The van der Waals surface area contributed by atoms with E-state index in [0.29, 0.717) is 0 Å². The maximum Gasteiger partial charge on any atom is 0.213 e. The number of benzene rings is 2. The van der Waals surface area contributed by atoms with Crippen LogP contribution in [0.2, 0.25) is 0 Å². The number of ether oxygens (including phenoxy) is 1. The number of aromatic nitrogens is 1. The first-order valence-electron chi connectivity index (χ1n) is 10.3. The van der Waals surface area contributed by atoms with Gasteiger partial charge in [-0.1, -0.05) is 23.4 Å². The minimum atomic E-state index is 0.934. The number of hydrogen-bond donors (Lipinski definition) is 0. The summed E-state index contributed by atoms with van der Waals surface area (Å²) in [6.45, 7) is 8.49. The van der Waals surface area contributed by atoms with Crippen molar-refractivity contribution in [1.82, 2.24) is 0 Å². The highest BCUT2D eigenvalue weighted by molar-refractivity contribution is 8.04. The lowest BCUT2D eigenvalue weighted by Crippen LogP contribution is -2.32. The van der Waals surface area contributed by atoms with Crippen molar-refractivity contribution in [2.24, 2.45) is 0 Å². The molecule has 0 radical (unpaired) electrons. The molecule has 0 aliphatic carbocycles. The van der Waals surface area contributed by atoms with E-state index < -0.39 is 0 Å². The largest absolute Gasteiger partial charge is 0.496 e. The standard InChI is InChI=1S/C25H25N2OS2/c1-5-26-11-9-17(19-13-16(3)7-8-20(19)26)14-23-27(6-2)24-22(30-23)15-21(28-4)18-10-12-29-25(18)24/h7-15H,5-6H2,1-4H3/q+1. The van der Waals surface area contributed by atoms with E-state index >= 15 is 0 Å². The number of thioether (sulfide) groups is 1. The van der Waals surface area contributed by atoms with E-state index in [0.717, 1.165) is 18.8 Å². The third-order valence-electron chi connectivity index (χ3n) is 5.75. The fourth-order valence-electron chi connectivity index (χ4n) is 4.27. The minimum Gasteiger partial charge on any atom is -0.496 e. The molecule has 0 atom stereocenters.